The van der Waals surface area contributed by atoms with Crippen molar-refractivity contribution >= 4 is 5.91 Å². The maximum absolute atomic E-state index is 13.1. The minimum absolute atomic E-state index is 0.0108. The standard InChI is InChI=1S/C19H17F3N6O/c1-11-9-28-16(14(8-26-28)19-24-6-13(20)7-25-19)10-27(11)17(29)5-12-2-3-23-15(4-12)18(21)22/h2-4,6-8,11,18H,5,9-10H2,1H3/t11-/m0/s1. The Labute approximate surface area is 164 Å². The first-order valence-corrected chi connectivity index (χ1v) is 8.97. The average Bonchev–Trinajstić information content (AvgIpc) is 3.10. The van der Waals surface area contributed by atoms with Crippen LogP contribution in [0.2, 0.25) is 0 Å². The SMILES string of the molecule is C[C@H]1Cn2ncc(-c3ncc(F)cn3)c2CN1C(=O)Cc1ccnc(C(F)F)c1. The van der Waals surface area contributed by atoms with E-state index in [0.717, 1.165) is 18.1 Å². The molecule has 3 aromatic heterocycles. The summed E-state index contributed by atoms with van der Waals surface area (Å²) in [5.41, 5.74) is 1.49. The summed E-state index contributed by atoms with van der Waals surface area (Å²) in [5.74, 6) is -0.409. The van der Waals surface area contributed by atoms with E-state index in [4.69, 9.17) is 0 Å². The van der Waals surface area contributed by atoms with E-state index in [-0.39, 0.29) is 30.6 Å². The second kappa shape index (κ2) is 7.61. The Kier molecular flexibility index (Phi) is 4.99. The highest BCUT2D eigenvalue weighted by atomic mass is 19.3. The van der Waals surface area contributed by atoms with Crippen molar-refractivity contribution in [3.05, 3.63) is 59.7 Å². The predicted molar refractivity (Wildman–Crippen MR) is 96.1 cm³/mol. The first kappa shape index (κ1) is 19.0. The molecule has 0 saturated carbocycles. The number of fused-ring (bicyclic) bond motifs is 1. The molecule has 0 N–H and O–H groups in total. The number of hydrogen-bond acceptors (Lipinski definition) is 5. The third-order valence-electron chi connectivity index (χ3n) is 4.84. The molecule has 1 amide bonds. The summed E-state index contributed by atoms with van der Waals surface area (Å²) in [6, 6.07) is 2.67. The van der Waals surface area contributed by atoms with Gasteiger partial charge in [0.2, 0.25) is 5.91 Å². The molecular formula is C19H17F3N6O. The summed E-state index contributed by atoms with van der Waals surface area (Å²) >= 11 is 0. The maximum Gasteiger partial charge on any atom is 0.280 e. The Morgan fingerprint density at radius 2 is 2.00 bits per heavy atom. The van der Waals surface area contributed by atoms with Crippen molar-refractivity contribution < 1.29 is 18.0 Å². The average molecular weight is 402 g/mol. The Morgan fingerprint density at radius 1 is 1.24 bits per heavy atom. The fraction of sp³-hybridized carbons (Fsp3) is 0.316. The van der Waals surface area contributed by atoms with Crippen LogP contribution >= 0.6 is 0 Å². The van der Waals surface area contributed by atoms with Crippen molar-refractivity contribution in [2.24, 2.45) is 0 Å². The number of alkyl halides is 2. The van der Waals surface area contributed by atoms with E-state index in [9.17, 15) is 18.0 Å². The van der Waals surface area contributed by atoms with Crippen LogP contribution in [0.25, 0.3) is 11.4 Å². The summed E-state index contributed by atoms with van der Waals surface area (Å²) in [5, 5.41) is 4.33. The fourth-order valence-corrected chi connectivity index (χ4v) is 3.37. The van der Waals surface area contributed by atoms with Crippen LogP contribution in [0.5, 0.6) is 0 Å². The summed E-state index contributed by atoms with van der Waals surface area (Å²) < 4.78 is 40.6. The zero-order chi connectivity index (χ0) is 20.5. The van der Waals surface area contributed by atoms with E-state index in [1.54, 1.807) is 21.8 Å². The van der Waals surface area contributed by atoms with Crippen LogP contribution in [0.4, 0.5) is 13.2 Å². The lowest BCUT2D eigenvalue weighted by molar-refractivity contribution is -0.134. The fourth-order valence-electron chi connectivity index (χ4n) is 3.37. The molecule has 0 aliphatic carbocycles. The number of halogens is 3. The summed E-state index contributed by atoms with van der Waals surface area (Å²) in [6.07, 6.45) is 2.33. The third-order valence-corrected chi connectivity index (χ3v) is 4.84. The molecule has 1 atom stereocenters. The van der Waals surface area contributed by atoms with Crippen LogP contribution in [0, 0.1) is 5.82 Å². The van der Waals surface area contributed by atoms with E-state index in [0.29, 0.717) is 23.5 Å². The van der Waals surface area contributed by atoms with Crippen LogP contribution in [0.15, 0.2) is 36.9 Å². The highest BCUT2D eigenvalue weighted by molar-refractivity contribution is 5.79. The number of aromatic nitrogens is 5. The molecule has 0 fully saturated rings. The number of rotatable bonds is 4. The van der Waals surface area contributed by atoms with Gasteiger partial charge in [-0.15, -0.1) is 0 Å². The lowest BCUT2D eigenvalue weighted by atomic mass is 10.1. The van der Waals surface area contributed by atoms with Gasteiger partial charge in [0.05, 0.1) is 49.4 Å². The number of pyridine rings is 1. The van der Waals surface area contributed by atoms with Gasteiger partial charge in [0.1, 0.15) is 5.69 Å². The molecule has 4 rings (SSSR count). The first-order valence-electron chi connectivity index (χ1n) is 8.97. The molecule has 29 heavy (non-hydrogen) atoms. The third kappa shape index (κ3) is 3.82. The molecule has 0 unspecified atom stereocenters. The van der Waals surface area contributed by atoms with Gasteiger partial charge in [-0.25, -0.2) is 23.1 Å². The number of amides is 1. The van der Waals surface area contributed by atoms with E-state index < -0.39 is 12.2 Å². The summed E-state index contributed by atoms with van der Waals surface area (Å²) in [4.78, 5) is 26.2. The van der Waals surface area contributed by atoms with Gasteiger partial charge < -0.3 is 4.90 Å². The number of hydrogen-bond donors (Lipinski definition) is 0. The lowest BCUT2D eigenvalue weighted by Crippen LogP contribution is -2.45. The first-order chi connectivity index (χ1) is 13.9. The van der Waals surface area contributed by atoms with Crippen molar-refractivity contribution in [3.63, 3.8) is 0 Å². The highest BCUT2D eigenvalue weighted by Crippen LogP contribution is 2.27. The van der Waals surface area contributed by atoms with Gasteiger partial charge in [-0.05, 0) is 24.6 Å². The molecule has 7 nitrogen and oxygen atoms in total. The Hall–Kier alpha value is -3.30. The minimum atomic E-state index is -2.69. The van der Waals surface area contributed by atoms with Crippen molar-refractivity contribution in [2.45, 2.75) is 38.9 Å². The maximum atomic E-state index is 13.1. The van der Waals surface area contributed by atoms with Gasteiger partial charge in [-0.2, -0.15) is 5.10 Å². The zero-order valence-electron chi connectivity index (χ0n) is 15.5. The van der Waals surface area contributed by atoms with Crippen molar-refractivity contribution in [2.75, 3.05) is 0 Å². The van der Waals surface area contributed by atoms with Gasteiger partial charge in [0.15, 0.2) is 11.6 Å². The molecule has 1 aliphatic rings. The largest absolute Gasteiger partial charge is 0.332 e. The van der Waals surface area contributed by atoms with E-state index >= 15 is 0 Å². The van der Waals surface area contributed by atoms with Gasteiger partial charge >= 0.3 is 0 Å². The topological polar surface area (TPSA) is 76.8 Å². The molecule has 0 saturated heterocycles. The molecule has 0 aromatic carbocycles. The summed E-state index contributed by atoms with van der Waals surface area (Å²) in [6.45, 7) is 2.64. The van der Waals surface area contributed by atoms with Crippen molar-refractivity contribution in [1.29, 1.82) is 0 Å². The van der Waals surface area contributed by atoms with Crippen molar-refractivity contribution in [3.8, 4) is 11.4 Å². The summed E-state index contributed by atoms with van der Waals surface area (Å²) in [7, 11) is 0. The van der Waals surface area contributed by atoms with Crippen LogP contribution in [0.1, 0.15) is 30.3 Å². The normalized spacial score (nSPS) is 16.2. The van der Waals surface area contributed by atoms with E-state index in [1.807, 2.05) is 6.92 Å². The molecule has 150 valence electrons. The molecule has 0 bridgehead atoms. The molecule has 0 spiro atoms. The highest BCUT2D eigenvalue weighted by Gasteiger charge is 2.30. The van der Waals surface area contributed by atoms with Crippen molar-refractivity contribution in [1.82, 2.24) is 29.6 Å². The van der Waals surface area contributed by atoms with Crippen LogP contribution < -0.4 is 0 Å². The molecular weight excluding hydrogens is 385 g/mol. The second-order valence-corrected chi connectivity index (χ2v) is 6.85. The zero-order valence-corrected chi connectivity index (χ0v) is 15.5. The minimum Gasteiger partial charge on any atom is -0.332 e. The quantitative estimate of drug-likeness (QED) is 0.671. The van der Waals surface area contributed by atoms with Gasteiger partial charge in [-0.1, -0.05) is 0 Å². The molecule has 0 radical (unpaired) electrons. The predicted octanol–water partition coefficient (Wildman–Crippen LogP) is 2.79. The van der Waals surface area contributed by atoms with Crippen LogP contribution in [0.3, 0.4) is 0 Å². The monoisotopic (exact) mass is 402 g/mol. The second-order valence-electron chi connectivity index (χ2n) is 6.85. The van der Waals surface area contributed by atoms with Gasteiger partial charge in [0, 0.05) is 12.2 Å². The van der Waals surface area contributed by atoms with Gasteiger partial charge in [0.25, 0.3) is 6.43 Å². The van der Waals surface area contributed by atoms with E-state index in [2.05, 4.69) is 20.1 Å². The number of carbonyl (C=O) groups is 1. The van der Waals surface area contributed by atoms with Gasteiger partial charge in [-0.3, -0.25) is 14.5 Å². The number of nitrogens with zero attached hydrogens (tertiary/aromatic N) is 6. The van der Waals surface area contributed by atoms with Crippen LogP contribution in [-0.4, -0.2) is 41.6 Å². The number of carbonyl (C=O) groups excluding carboxylic acids is 1. The van der Waals surface area contributed by atoms with Crippen LogP contribution in [-0.2, 0) is 24.3 Å². The molecule has 4 heterocycles. The smallest absolute Gasteiger partial charge is 0.280 e. The molecule has 10 heteroatoms. The van der Waals surface area contributed by atoms with E-state index in [1.165, 1.54) is 12.3 Å². The Bertz CT molecular complexity index is 1040. The lowest BCUT2D eigenvalue weighted by Gasteiger charge is -2.34. The Morgan fingerprint density at radius 3 is 2.72 bits per heavy atom. The molecule has 3 aromatic rings. The Balaban J connectivity index is 1.56. The molecule has 1 aliphatic heterocycles.